The molecule has 1 aliphatic heterocycles. The number of hydrogen-bond donors (Lipinski definition) is 1. The van der Waals surface area contributed by atoms with E-state index in [1.807, 2.05) is 0 Å². The van der Waals surface area contributed by atoms with Gasteiger partial charge in [0, 0.05) is 31.5 Å². The monoisotopic (exact) mass is 395 g/mol. The van der Waals surface area contributed by atoms with Gasteiger partial charge in [0.1, 0.15) is 11.4 Å². The zero-order valence-corrected chi connectivity index (χ0v) is 17.2. The number of amides is 1. The lowest BCUT2D eigenvalue weighted by molar-refractivity contribution is -0.152. The first kappa shape index (κ1) is 22.1. The quantitative estimate of drug-likeness (QED) is 0.792. The third kappa shape index (κ3) is 5.01. The molecule has 1 saturated heterocycles. The number of aliphatic hydroxyl groups excluding tert-OH is 1. The van der Waals surface area contributed by atoms with Gasteiger partial charge in [-0.25, -0.2) is 9.18 Å². The Bertz CT molecular complexity index is 715. The van der Waals surface area contributed by atoms with Crippen LogP contribution < -0.4 is 0 Å². The zero-order chi connectivity index (χ0) is 21.1. The number of ether oxygens (including phenoxy) is 2. The summed E-state index contributed by atoms with van der Waals surface area (Å²) in [6.07, 6.45) is -0.547. The van der Waals surface area contributed by atoms with Crippen LogP contribution in [0.3, 0.4) is 0 Å². The van der Waals surface area contributed by atoms with Crippen LogP contribution in [-0.4, -0.2) is 54.0 Å². The van der Waals surface area contributed by atoms with Crippen LogP contribution in [0.25, 0.3) is 0 Å². The second kappa shape index (κ2) is 8.90. The van der Waals surface area contributed by atoms with Gasteiger partial charge in [-0.3, -0.25) is 4.79 Å². The number of likely N-dealkylation sites (tertiary alicyclic amines) is 1. The summed E-state index contributed by atoms with van der Waals surface area (Å²) in [4.78, 5) is 26.7. The summed E-state index contributed by atoms with van der Waals surface area (Å²) in [6.45, 7) is 8.89. The van der Waals surface area contributed by atoms with Gasteiger partial charge in [-0.15, -0.1) is 0 Å². The molecule has 1 aliphatic rings. The molecule has 1 heterocycles. The number of benzene rings is 1. The molecule has 7 heteroatoms. The van der Waals surface area contributed by atoms with Crippen molar-refractivity contribution in [3.8, 4) is 0 Å². The Hall–Kier alpha value is -2.15. The minimum absolute atomic E-state index is 0.0882. The van der Waals surface area contributed by atoms with E-state index in [-0.39, 0.29) is 32.1 Å². The highest BCUT2D eigenvalue weighted by atomic mass is 19.1. The van der Waals surface area contributed by atoms with Crippen molar-refractivity contribution in [1.29, 1.82) is 0 Å². The van der Waals surface area contributed by atoms with E-state index in [1.165, 1.54) is 11.0 Å². The van der Waals surface area contributed by atoms with Crippen LogP contribution in [0.4, 0.5) is 9.18 Å². The van der Waals surface area contributed by atoms with Crippen molar-refractivity contribution in [1.82, 2.24) is 4.90 Å². The number of aliphatic hydroxyl groups is 1. The molecule has 1 aromatic rings. The lowest BCUT2D eigenvalue weighted by Crippen LogP contribution is -2.52. The molecule has 1 fully saturated rings. The molecular formula is C21H30FNO5. The van der Waals surface area contributed by atoms with E-state index in [0.717, 1.165) is 0 Å². The van der Waals surface area contributed by atoms with Gasteiger partial charge in [-0.1, -0.05) is 12.1 Å². The Morgan fingerprint density at radius 2 is 1.96 bits per heavy atom. The lowest BCUT2D eigenvalue weighted by Gasteiger charge is -2.43. The van der Waals surface area contributed by atoms with Crippen molar-refractivity contribution in [3.63, 3.8) is 0 Å². The predicted octanol–water partition coefficient (Wildman–Crippen LogP) is 3.26. The van der Waals surface area contributed by atoms with Gasteiger partial charge in [0.2, 0.25) is 0 Å². The Morgan fingerprint density at radius 3 is 2.54 bits per heavy atom. The molecule has 1 amide bonds. The highest BCUT2D eigenvalue weighted by Gasteiger charge is 2.45. The molecule has 0 aromatic heterocycles. The van der Waals surface area contributed by atoms with Crippen molar-refractivity contribution in [2.24, 2.45) is 11.8 Å². The van der Waals surface area contributed by atoms with Crippen molar-refractivity contribution in [2.45, 2.75) is 46.1 Å². The summed E-state index contributed by atoms with van der Waals surface area (Å²) in [5, 5.41) is 10.0. The topological polar surface area (TPSA) is 76.1 Å². The van der Waals surface area contributed by atoms with Gasteiger partial charge < -0.3 is 19.5 Å². The third-order valence-corrected chi connectivity index (χ3v) is 4.96. The molecule has 3 atom stereocenters. The number of hydrogen-bond acceptors (Lipinski definition) is 5. The van der Waals surface area contributed by atoms with Crippen LogP contribution in [0.5, 0.6) is 0 Å². The predicted molar refractivity (Wildman–Crippen MR) is 102 cm³/mol. The van der Waals surface area contributed by atoms with Gasteiger partial charge in [0.15, 0.2) is 0 Å². The van der Waals surface area contributed by atoms with E-state index in [0.29, 0.717) is 11.1 Å². The molecule has 0 spiro atoms. The number of nitrogens with zero attached hydrogens (tertiary/aromatic N) is 1. The fourth-order valence-electron chi connectivity index (χ4n) is 3.72. The van der Waals surface area contributed by atoms with E-state index in [2.05, 4.69) is 0 Å². The first-order valence-electron chi connectivity index (χ1n) is 9.59. The SMILES string of the molecule is CCOC(=O)C1CN(C(=O)OC(C)(C)C)CC(CO)C1c1cccc(F)c1C. The molecular weight excluding hydrogens is 365 g/mol. The number of esters is 1. The summed E-state index contributed by atoms with van der Waals surface area (Å²) in [5.41, 5.74) is 0.410. The number of rotatable bonds is 4. The fourth-order valence-corrected chi connectivity index (χ4v) is 3.72. The molecule has 0 radical (unpaired) electrons. The van der Waals surface area contributed by atoms with Gasteiger partial charge in [0.05, 0.1) is 12.5 Å². The number of carbonyl (C=O) groups is 2. The van der Waals surface area contributed by atoms with Crippen molar-refractivity contribution in [3.05, 3.63) is 35.1 Å². The molecule has 1 aromatic carbocycles. The molecule has 1 N–H and O–H groups in total. The molecule has 6 nitrogen and oxygen atoms in total. The van der Waals surface area contributed by atoms with Crippen LogP contribution in [-0.2, 0) is 14.3 Å². The molecule has 0 aliphatic carbocycles. The minimum atomic E-state index is -0.723. The summed E-state index contributed by atoms with van der Waals surface area (Å²) in [5.74, 6) is -2.47. The van der Waals surface area contributed by atoms with Gasteiger partial charge in [-0.05, 0) is 51.8 Å². The normalized spacial score (nSPS) is 22.7. The molecule has 0 saturated carbocycles. The molecule has 156 valence electrons. The van der Waals surface area contributed by atoms with Gasteiger partial charge in [0.25, 0.3) is 0 Å². The van der Waals surface area contributed by atoms with E-state index in [4.69, 9.17) is 9.47 Å². The maximum Gasteiger partial charge on any atom is 0.410 e. The average Bonchev–Trinajstić information content (AvgIpc) is 2.61. The smallest absolute Gasteiger partial charge is 0.410 e. The number of carbonyl (C=O) groups excluding carboxylic acids is 2. The Balaban J connectivity index is 2.42. The fraction of sp³-hybridized carbons (Fsp3) is 0.619. The van der Waals surface area contributed by atoms with Crippen molar-refractivity contribution < 1.29 is 28.6 Å². The zero-order valence-electron chi connectivity index (χ0n) is 17.2. The highest BCUT2D eigenvalue weighted by Crippen LogP contribution is 2.40. The number of piperidine rings is 1. The van der Waals surface area contributed by atoms with E-state index in [9.17, 15) is 19.1 Å². The summed E-state index contributed by atoms with van der Waals surface area (Å²) in [7, 11) is 0. The van der Waals surface area contributed by atoms with Gasteiger partial charge >= 0.3 is 12.1 Å². The molecule has 0 bridgehead atoms. The first-order valence-corrected chi connectivity index (χ1v) is 9.59. The van der Waals surface area contributed by atoms with E-state index in [1.54, 1.807) is 46.8 Å². The van der Waals surface area contributed by atoms with E-state index >= 15 is 0 Å². The van der Waals surface area contributed by atoms with Crippen LogP contribution in [0.1, 0.15) is 44.7 Å². The summed E-state index contributed by atoms with van der Waals surface area (Å²) in [6, 6.07) is 4.72. The van der Waals surface area contributed by atoms with Crippen molar-refractivity contribution in [2.75, 3.05) is 26.3 Å². The Kier molecular flexibility index (Phi) is 7.04. The summed E-state index contributed by atoms with van der Waals surface area (Å²) < 4.78 is 24.8. The first-order chi connectivity index (χ1) is 13.1. The standard InChI is InChI=1S/C21H30FNO5/c1-6-27-19(25)16-11-23(20(26)28-21(3,4)5)10-14(12-24)18(16)15-8-7-9-17(22)13(15)2/h7-9,14,16,18,24H,6,10-12H2,1-5H3. The van der Waals surface area contributed by atoms with Crippen molar-refractivity contribution >= 4 is 12.1 Å². The highest BCUT2D eigenvalue weighted by molar-refractivity contribution is 5.76. The number of halogens is 1. The second-order valence-corrected chi connectivity index (χ2v) is 8.17. The third-order valence-electron chi connectivity index (χ3n) is 4.96. The van der Waals surface area contributed by atoms with Crippen LogP contribution >= 0.6 is 0 Å². The van der Waals surface area contributed by atoms with Crippen LogP contribution in [0.15, 0.2) is 18.2 Å². The van der Waals surface area contributed by atoms with Crippen LogP contribution in [0, 0.1) is 24.6 Å². The minimum Gasteiger partial charge on any atom is -0.466 e. The Morgan fingerprint density at radius 1 is 1.29 bits per heavy atom. The largest absolute Gasteiger partial charge is 0.466 e. The second-order valence-electron chi connectivity index (χ2n) is 8.17. The molecule has 28 heavy (non-hydrogen) atoms. The summed E-state index contributed by atoms with van der Waals surface area (Å²) >= 11 is 0. The van der Waals surface area contributed by atoms with Crippen LogP contribution in [0.2, 0.25) is 0 Å². The molecule has 2 rings (SSSR count). The maximum absolute atomic E-state index is 14.2. The molecule has 3 unspecified atom stereocenters. The Labute approximate surface area is 165 Å². The van der Waals surface area contributed by atoms with Gasteiger partial charge in [-0.2, -0.15) is 0 Å². The average molecular weight is 395 g/mol. The lowest BCUT2D eigenvalue weighted by atomic mass is 9.72. The maximum atomic E-state index is 14.2. The van der Waals surface area contributed by atoms with E-state index < -0.39 is 35.4 Å².